The van der Waals surface area contributed by atoms with Gasteiger partial charge < -0.3 is 19.9 Å². The molecule has 2 rings (SSSR count). The van der Waals surface area contributed by atoms with Gasteiger partial charge in [0, 0.05) is 12.1 Å². The van der Waals surface area contributed by atoms with E-state index in [1.807, 2.05) is 0 Å². The number of furan rings is 1. The number of aromatic carboxylic acids is 1. The lowest BCUT2D eigenvalue weighted by molar-refractivity contribution is 0.0697. The largest absolute Gasteiger partial charge is 0.478 e. The Morgan fingerprint density at radius 2 is 2.10 bits per heavy atom. The molecule has 0 aliphatic rings. The van der Waals surface area contributed by atoms with Gasteiger partial charge in [-0.25, -0.2) is 4.79 Å². The molecule has 2 aromatic rings. The van der Waals surface area contributed by atoms with Gasteiger partial charge in [-0.2, -0.15) is 0 Å². The molecule has 0 saturated heterocycles. The van der Waals surface area contributed by atoms with Gasteiger partial charge in [-0.05, 0) is 30.3 Å². The standard InChI is InChI=1S/C14H14ClNO4/c15-12-3-1-9(7-11(12)14(18)19)13-4-2-10(20-13)8-16-5-6-17/h1-4,7,16-17H,5-6,8H2,(H,18,19). The Morgan fingerprint density at radius 3 is 2.80 bits per heavy atom. The van der Waals surface area contributed by atoms with Gasteiger partial charge in [0.1, 0.15) is 11.5 Å². The van der Waals surface area contributed by atoms with Crippen molar-refractivity contribution in [2.45, 2.75) is 6.54 Å². The van der Waals surface area contributed by atoms with Crippen molar-refractivity contribution in [3.63, 3.8) is 0 Å². The molecule has 0 bridgehead atoms. The third-order valence-corrected chi connectivity index (χ3v) is 3.06. The minimum absolute atomic E-state index is 0.0422. The molecule has 3 N–H and O–H groups in total. The van der Waals surface area contributed by atoms with Gasteiger partial charge in [0.15, 0.2) is 0 Å². The second-order valence-electron chi connectivity index (χ2n) is 4.17. The minimum atomic E-state index is -1.08. The SMILES string of the molecule is O=C(O)c1cc(-c2ccc(CNCCO)o2)ccc1Cl. The van der Waals surface area contributed by atoms with Crippen LogP contribution in [0.2, 0.25) is 5.02 Å². The highest BCUT2D eigenvalue weighted by molar-refractivity contribution is 6.33. The molecule has 0 atom stereocenters. The topological polar surface area (TPSA) is 82.7 Å². The maximum atomic E-state index is 11.0. The van der Waals surface area contributed by atoms with Gasteiger partial charge in [0.25, 0.3) is 0 Å². The molecule has 20 heavy (non-hydrogen) atoms. The summed E-state index contributed by atoms with van der Waals surface area (Å²) in [5.41, 5.74) is 0.695. The molecule has 1 aromatic heterocycles. The fourth-order valence-corrected chi connectivity index (χ4v) is 1.96. The highest BCUT2D eigenvalue weighted by Crippen LogP contribution is 2.26. The molecule has 0 aliphatic carbocycles. The maximum absolute atomic E-state index is 11.0. The molecule has 0 saturated carbocycles. The Balaban J connectivity index is 2.19. The average molecular weight is 296 g/mol. The number of nitrogens with one attached hydrogen (secondary N) is 1. The summed E-state index contributed by atoms with van der Waals surface area (Å²) in [6.07, 6.45) is 0. The predicted molar refractivity (Wildman–Crippen MR) is 74.9 cm³/mol. The van der Waals surface area contributed by atoms with Crippen molar-refractivity contribution in [3.8, 4) is 11.3 Å². The average Bonchev–Trinajstić information content (AvgIpc) is 2.88. The molecule has 0 aliphatic heterocycles. The lowest BCUT2D eigenvalue weighted by Gasteiger charge is -2.02. The molecule has 1 heterocycles. The lowest BCUT2D eigenvalue weighted by atomic mass is 10.1. The van der Waals surface area contributed by atoms with Crippen molar-refractivity contribution in [2.75, 3.05) is 13.2 Å². The number of carbonyl (C=O) groups is 1. The van der Waals surface area contributed by atoms with E-state index in [2.05, 4.69) is 5.32 Å². The summed E-state index contributed by atoms with van der Waals surface area (Å²) in [6, 6.07) is 8.29. The van der Waals surface area contributed by atoms with E-state index >= 15 is 0 Å². The number of rotatable bonds is 6. The van der Waals surface area contributed by atoms with E-state index in [0.29, 0.717) is 30.2 Å². The van der Waals surface area contributed by atoms with E-state index in [1.165, 1.54) is 12.1 Å². The summed E-state index contributed by atoms with van der Waals surface area (Å²) in [4.78, 5) is 11.0. The first-order valence-electron chi connectivity index (χ1n) is 6.05. The highest BCUT2D eigenvalue weighted by atomic mass is 35.5. The highest BCUT2D eigenvalue weighted by Gasteiger charge is 2.12. The molecule has 5 nitrogen and oxygen atoms in total. The monoisotopic (exact) mass is 295 g/mol. The summed E-state index contributed by atoms with van der Waals surface area (Å²) in [5.74, 6) is 0.207. The number of carboxylic acid groups (broad SMARTS) is 1. The van der Waals surface area contributed by atoms with Crippen LogP contribution in [-0.2, 0) is 6.54 Å². The first-order chi connectivity index (χ1) is 9.61. The Morgan fingerprint density at radius 1 is 1.30 bits per heavy atom. The molecule has 0 unspecified atom stereocenters. The number of hydrogen-bond acceptors (Lipinski definition) is 4. The van der Waals surface area contributed by atoms with Crippen molar-refractivity contribution < 1.29 is 19.4 Å². The molecule has 0 fully saturated rings. The zero-order chi connectivity index (χ0) is 14.5. The van der Waals surface area contributed by atoms with Crippen LogP contribution >= 0.6 is 11.6 Å². The molecule has 0 spiro atoms. The number of aliphatic hydroxyl groups is 1. The van der Waals surface area contributed by atoms with Gasteiger partial charge in [0.2, 0.25) is 0 Å². The van der Waals surface area contributed by atoms with Crippen LogP contribution in [0.1, 0.15) is 16.1 Å². The van der Waals surface area contributed by atoms with Gasteiger partial charge >= 0.3 is 5.97 Å². The van der Waals surface area contributed by atoms with Crippen LogP contribution in [0.25, 0.3) is 11.3 Å². The molecular formula is C14H14ClNO4. The number of hydrogen-bond donors (Lipinski definition) is 3. The van der Waals surface area contributed by atoms with Crippen LogP contribution < -0.4 is 5.32 Å². The Kier molecular flexibility index (Phi) is 4.79. The van der Waals surface area contributed by atoms with E-state index < -0.39 is 5.97 Å². The number of aliphatic hydroxyl groups excluding tert-OH is 1. The zero-order valence-corrected chi connectivity index (χ0v) is 11.4. The number of carboxylic acids is 1. The lowest BCUT2D eigenvalue weighted by Crippen LogP contribution is -2.16. The fraction of sp³-hybridized carbons (Fsp3) is 0.214. The van der Waals surface area contributed by atoms with Crippen LogP contribution in [-0.4, -0.2) is 29.3 Å². The van der Waals surface area contributed by atoms with Gasteiger partial charge in [0.05, 0.1) is 23.7 Å². The van der Waals surface area contributed by atoms with E-state index in [4.69, 9.17) is 26.2 Å². The predicted octanol–water partition coefficient (Wildman–Crippen LogP) is 2.38. The van der Waals surface area contributed by atoms with E-state index in [-0.39, 0.29) is 17.2 Å². The summed E-state index contributed by atoms with van der Waals surface area (Å²) in [6.45, 7) is 1.05. The summed E-state index contributed by atoms with van der Waals surface area (Å²) in [5, 5.41) is 20.9. The van der Waals surface area contributed by atoms with Crippen LogP contribution in [0.5, 0.6) is 0 Å². The van der Waals surface area contributed by atoms with Gasteiger partial charge in [-0.15, -0.1) is 0 Å². The third kappa shape index (κ3) is 3.39. The first kappa shape index (κ1) is 14.6. The van der Waals surface area contributed by atoms with Crippen LogP contribution in [0.15, 0.2) is 34.7 Å². The van der Waals surface area contributed by atoms with Crippen LogP contribution in [0, 0.1) is 0 Å². The van der Waals surface area contributed by atoms with Crippen molar-refractivity contribution >= 4 is 17.6 Å². The van der Waals surface area contributed by atoms with E-state index in [0.717, 1.165) is 0 Å². The Bertz CT molecular complexity index is 609. The maximum Gasteiger partial charge on any atom is 0.337 e. The number of halogens is 1. The summed E-state index contributed by atoms with van der Waals surface area (Å²) >= 11 is 5.82. The molecule has 0 radical (unpaired) electrons. The van der Waals surface area contributed by atoms with Crippen molar-refractivity contribution in [3.05, 3.63) is 46.7 Å². The molecule has 1 aromatic carbocycles. The molecule has 106 valence electrons. The quantitative estimate of drug-likeness (QED) is 0.713. The van der Waals surface area contributed by atoms with E-state index in [9.17, 15) is 4.79 Å². The molecule has 6 heteroatoms. The zero-order valence-electron chi connectivity index (χ0n) is 10.6. The molecular weight excluding hydrogens is 282 g/mol. The van der Waals surface area contributed by atoms with Crippen LogP contribution in [0.4, 0.5) is 0 Å². The Hall–Kier alpha value is -1.82. The van der Waals surface area contributed by atoms with Gasteiger partial charge in [-0.3, -0.25) is 0 Å². The number of benzene rings is 1. The van der Waals surface area contributed by atoms with Crippen molar-refractivity contribution in [2.24, 2.45) is 0 Å². The van der Waals surface area contributed by atoms with E-state index in [1.54, 1.807) is 18.2 Å². The van der Waals surface area contributed by atoms with Crippen LogP contribution in [0.3, 0.4) is 0 Å². The normalized spacial score (nSPS) is 10.7. The van der Waals surface area contributed by atoms with Crippen molar-refractivity contribution in [1.82, 2.24) is 5.32 Å². The summed E-state index contributed by atoms with van der Waals surface area (Å²) in [7, 11) is 0. The smallest absolute Gasteiger partial charge is 0.337 e. The van der Waals surface area contributed by atoms with Crippen molar-refractivity contribution in [1.29, 1.82) is 0 Å². The minimum Gasteiger partial charge on any atom is -0.478 e. The fourth-order valence-electron chi connectivity index (χ4n) is 1.76. The molecule has 0 amide bonds. The third-order valence-electron chi connectivity index (χ3n) is 2.73. The second-order valence-corrected chi connectivity index (χ2v) is 4.57. The van der Waals surface area contributed by atoms with Gasteiger partial charge in [-0.1, -0.05) is 11.6 Å². The Labute approximate surface area is 120 Å². The second kappa shape index (κ2) is 6.56. The summed E-state index contributed by atoms with van der Waals surface area (Å²) < 4.78 is 5.61. The first-order valence-corrected chi connectivity index (χ1v) is 6.43.